The number of carbonyl (C=O) groups excluding carboxylic acids is 1. The number of non-ortho nitro benzene ring substituents is 1. The molecule has 2 rings (SSSR count). The van der Waals surface area contributed by atoms with Crippen LogP contribution in [0, 0.1) is 15.9 Å². The molecule has 0 fully saturated rings. The Kier molecular flexibility index (Phi) is 4.50. The van der Waals surface area contributed by atoms with Crippen LogP contribution in [0.1, 0.15) is 28.9 Å². The lowest BCUT2D eigenvalue weighted by atomic mass is 10.1. The molecule has 0 aliphatic heterocycles. The van der Waals surface area contributed by atoms with Gasteiger partial charge in [-0.2, -0.15) is 0 Å². The highest BCUT2D eigenvalue weighted by Crippen LogP contribution is 2.24. The molecule has 0 spiro atoms. The second-order valence-electron chi connectivity index (χ2n) is 4.95. The first kappa shape index (κ1) is 15.6. The Morgan fingerprint density at radius 3 is 2.45 bits per heavy atom. The van der Waals surface area contributed by atoms with E-state index in [9.17, 15) is 19.3 Å². The van der Waals surface area contributed by atoms with Crippen LogP contribution in [0.2, 0.25) is 0 Å². The van der Waals surface area contributed by atoms with Crippen LogP contribution < -0.4 is 0 Å². The van der Waals surface area contributed by atoms with Gasteiger partial charge in [-0.3, -0.25) is 14.9 Å². The van der Waals surface area contributed by atoms with E-state index in [1.165, 1.54) is 41.3 Å². The maximum absolute atomic E-state index is 12.9. The molecule has 0 saturated carbocycles. The van der Waals surface area contributed by atoms with E-state index in [4.69, 9.17) is 0 Å². The molecule has 0 aliphatic rings. The number of halogens is 1. The number of carbonyl (C=O) groups is 1. The monoisotopic (exact) mass is 302 g/mol. The van der Waals surface area contributed by atoms with Gasteiger partial charge >= 0.3 is 0 Å². The van der Waals surface area contributed by atoms with Crippen molar-refractivity contribution in [1.29, 1.82) is 0 Å². The number of hydrogen-bond acceptors (Lipinski definition) is 3. The zero-order chi connectivity index (χ0) is 16.3. The van der Waals surface area contributed by atoms with E-state index < -0.39 is 10.7 Å². The number of nitro groups is 1. The SMILES string of the molecule is CC(c1cccc([N+](=O)[O-])c1)N(C)C(=O)c1ccc(F)cc1. The average molecular weight is 302 g/mol. The van der Waals surface area contributed by atoms with Crippen molar-refractivity contribution in [3.05, 3.63) is 75.6 Å². The van der Waals surface area contributed by atoms with Gasteiger partial charge in [-0.05, 0) is 36.8 Å². The molecule has 0 aromatic heterocycles. The molecule has 0 bridgehead atoms. The number of nitrogens with zero attached hydrogens (tertiary/aromatic N) is 2. The molecule has 0 heterocycles. The van der Waals surface area contributed by atoms with Gasteiger partial charge < -0.3 is 4.90 Å². The standard InChI is InChI=1S/C16H15FN2O3/c1-11(13-4-3-5-15(10-13)19(21)22)18(2)16(20)12-6-8-14(17)9-7-12/h3-11H,1-2H3. The Morgan fingerprint density at radius 1 is 1.23 bits per heavy atom. The summed E-state index contributed by atoms with van der Waals surface area (Å²) in [6.45, 7) is 1.78. The van der Waals surface area contributed by atoms with Gasteiger partial charge in [0.1, 0.15) is 5.82 Å². The summed E-state index contributed by atoms with van der Waals surface area (Å²) >= 11 is 0. The second-order valence-corrected chi connectivity index (χ2v) is 4.95. The molecule has 0 radical (unpaired) electrons. The molecular formula is C16H15FN2O3. The summed E-state index contributed by atoms with van der Waals surface area (Å²) in [7, 11) is 1.61. The van der Waals surface area contributed by atoms with Crippen LogP contribution in [0.15, 0.2) is 48.5 Å². The van der Waals surface area contributed by atoms with E-state index in [0.717, 1.165) is 0 Å². The maximum Gasteiger partial charge on any atom is 0.269 e. The van der Waals surface area contributed by atoms with Crippen molar-refractivity contribution in [2.75, 3.05) is 7.05 Å². The Hall–Kier alpha value is -2.76. The van der Waals surface area contributed by atoms with Gasteiger partial charge in [0.25, 0.3) is 11.6 Å². The average Bonchev–Trinajstić information content (AvgIpc) is 2.53. The van der Waals surface area contributed by atoms with Crippen molar-refractivity contribution in [2.24, 2.45) is 0 Å². The Balaban J connectivity index is 2.22. The lowest BCUT2D eigenvalue weighted by Gasteiger charge is -2.25. The first-order chi connectivity index (χ1) is 10.4. The molecule has 0 aliphatic carbocycles. The minimum atomic E-state index is -0.474. The maximum atomic E-state index is 12.9. The van der Waals surface area contributed by atoms with Crippen molar-refractivity contribution in [2.45, 2.75) is 13.0 Å². The van der Waals surface area contributed by atoms with Crippen molar-refractivity contribution < 1.29 is 14.1 Å². The minimum Gasteiger partial charge on any atom is -0.335 e. The van der Waals surface area contributed by atoms with Crippen LogP contribution >= 0.6 is 0 Å². The first-order valence-corrected chi connectivity index (χ1v) is 6.67. The van der Waals surface area contributed by atoms with Crippen LogP contribution in [0.25, 0.3) is 0 Å². The predicted molar refractivity (Wildman–Crippen MR) is 80.0 cm³/mol. The third kappa shape index (κ3) is 3.28. The highest BCUT2D eigenvalue weighted by atomic mass is 19.1. The molecule has 1 atom stereocenters. The zero-order valence-corrected chi connectivity index (χ0v) is 12.2. The number of amides is 1. The van der Waals surface area contributed by atoms with Crippen LogP contribution in [0.3, 0.4) is 0 Å². The van der Waals surface area contributed by atoms with Gasteiger partial charge in [0.2, 0.25) is 0 Å². The minimum absolute atomic E-state index is 0.0213. The fraction of sp³-hybridized carbons (Fsp3) is 0.188. The Morgan fingerprint density at radius 2 is 1.86 bits per heavy atom. The van der Waals surface area contributed by atoms with Crippen LogP contribution in [-0.4, -0.2) is 22.8 Å². The van der Waals surface area contributed by atoms with Crippen molar-refractivity contribution >= 4 is 11.6 Å². The van der Waals surface area contributed by atoms with E-state index in [2.05, 4.69) is 0 Å². The molecule has 2 aromatic rings. The second kappa shape index (κ2) is 6.34. The molecule has 0 saturated heterocycles. The lowest BCUT2D eigenvalue weighted by molar-refractivity contribution is -0.384. The molecule has 2 aromatic carbocycles. The molecule has 22 heavy (non-hydrogen) atoms. The fourth-order valence-electron chi connectivity index (χ4n) is 2.09. The third-order valence-electron chi connectivity index (χ3n) is 3.56. The number of hydrogen-bond donors (Lipinski definition) is 0. The number of benzene rings is 2. The smallest absolute Gasteiger partial charge is 0.269 e. The molecule has 1 unspecified atom stereocenters. The van der Waals surface area contributed by atoms with E-state index in [1.807, 2.05) is 0 Å². The number of rotatable bonds is 4. The van der Waals surface area contributed by atoms with Crippen molar-refractivity contribution in [3.8, 4) is 0 Å². The van der Waals surface area contributed by atoms with Crippen molar-refractivity contribution in [1.82, 2.24) is 4.90 Å². The Labute approximate surface area is 127 Å². The summed E-state index contributed by atoms with van der Waals surface area (Å²) in [5, 5.41) is 10.8. The van der Waals surface area contributed by atoms with Gasteiger partial charge in [0.15, 0.2) is 0 Å². The fourth-order valence-corrected chi connectivity index (χ4v) is 2.09. The van der Waals surface area contributed by atoms with Gasteiger partial charge in [-0.15, -0.1) is 0 Å². The molecule has 0 N–H and O–H groups in total. The largest absolute Gasteiger partial charge is 0.335 e. The van der Waals surface area contributed by atoms with E-state index in [0.29, 0.717) is 11.1 Å². The predicted octanol–water partition coefficient (Wildman–Crippen LogP) is 3.57. The van der Waals surface area contributed by atoms with Gasteiger partial charge in [0, 0.05) is 24.7 Å². The summed E-state index contributed by atoms with van der Waals surface area (Å²) in [4.78, 5) is 24.2. The van der Waals surface area contributed by atoms with Gasteiger partial charge in [0.05, 0.1) is 11.0 Å². The van der Waals surface area contributed by atoms with E-state index >= 15 is 0 Å². The normalized spacial score (nSPS) is 11.8. The topological polar surface area (TPSA) is 63.5 Å². The summed E-state index contributed by atoms with van der Waals surface area (Å²) in [5.41, 5.74) is 1.00. The summed E-state index contributed by atoms with van der Waals surface area (Å²) in [5.74, 6) is -0.690. The highest BCUT2D eigenvalue weighted by molar-refractivity contribution is 5.94. The third-order valence-corrected chi connectivity index (χ3v) is 3.56. The summed E-state index contributed by atoms with van der Waals surface area (Å²) < 4.78 is 12.9. The van der Waals surface area contributed by atoms with E-state index in [-0.39, 0.29) is 17.6 Å². The first-order valence-electron chi connectivity index (χ1n) is 6.67. The van der Waals surface area contributed by atoms with Crippen molar-refractivity contribution in [3.63, 3.8) is 0 Å². The Bertz CT molecular complexity index is 701. The molecule has 5 nitrogen and oxygen atoms in total. The zero-order valence-electron chi connectivity index (χ0n) is 12.2. The molecule has 114 valence electrons. The number of nitro benzene ring substituents is 1. The summed E-state index contributed by atoms with van der Waals surface area (Å²) in [6.07, 6.45) is 0. The van der Waals surface area contributed by atoms with Crippen LogP contribution in [0.4, 0.5) is 10.1 Å². The van der Waals surface area contributed by atoms with Crippen LogP contribution in [-0.2, 0) is 0 Å². The van der Waals surface area contributed by atoms with E-state index in [1.54, 1.807) is 26.1 Å². The lowest BCUT2D eigenvalue weighted by Crippen LogP contribution is -2.29. The highest BCUT2D eigenvalue weighted by Gasteiger charge is 2.20. The van der Waals surface area contributed by atoms with Gasteiger partial charge in [-0.25, -0.2) is 4.39 Å². The molecular weight excluding hydrogens is 287 g/mol. The quantitative estimate of drug-likeness (QED) is 0.640. The molecule has 6 heteroatoms. The molecule has 1 amide bonds. The summed E-state index contributed by atoms with van der Waals surface area (Å²) in [6, 6.07) is 11.1. The van der Waals surface area contributed by atoms with Crippen LogP contribution in [0.5, 0.6) is 0 Å². The van der Waals surface area contributed by atoms with Gasteiger partial charge in [-0.1, -0.05) is 12.1 Å².